The second-order valence-electron chi connectivity index (χ2n) is 4.41. The first-order valence-electron chi connectivity index (χ1n) is 5.96. The summed E-state index contributed by atoms with van der Waals surface area (Å²) >= 11 is 0. The standard InChI is InChI=1S/C15H11F3O3/c1-9-7-12(21-15(16,17)18)5-6-13(9)10-3-2-4-11(8-10)14(19)20/h2-8H,1H3,(H,19,20). The minimum Gasteiger partial charge on any atom is -0.478 e. The van der Waals surface area contributed by atoms with Crippen molar-refractivity contribution < 1.29 is 27.8 Å². The first-order valence-corrected chi connectivity index (χ1v) is 5.96. The van der Waals surface area contributed by atoms with Crippen molar-refractivity contribution in [2.45, 2.75) is 13.3 Å². The predicted molar refractivity (Wildman–Crippen MR) is 70.3 cm³/mol. The van der Waals surface area contributed by atoms with E-state index in [1.165, 1.54) is 30.3 Å². The Hall–Kier alpha value is -2.50. The smallest absolute Gasteiger partial charge is 0.478 e. The summed E-state index contributed by atoms with van der Waals surface area (Å²) in [4.78, 5) is 10.9. The van der Waals surface area contributed by atoms with Gasteiger partial charge in [-0.25, -0.2) is 4.79 Å². The fourth-order valence-electron chi connectivity index (χ4n) is 1.98. The van der Waals surface area contributed by atoms with Crippen LogP contribution in [-0.4, -0.2) is 17.4 Å². The van der Waals surface area contributed by atoms with E-state index in [2.05, 4.69) is 4.74 Å². The van der Waals surface area contributed by atoms with Crippen LogP contribution in [0.2, 0.25) is 0 Å². The van der Waals surface area contributed by atoms with Gasteiger partial charge in [0.15, 0.2) is 0 Å². The molecule has 0 aliphatic heterocycles. The summed E-state index contributed by atoms with van der Waals surface area (Å²) in [6.45, 7) is 1.63. The number of aromatic carboxylic acids is 1. The quantitative estimate of drug-likeness (QED) is 0.920. The topological polar surface area (TPSA) is 46.5 Å². The summed E-state index contributed by atoms with van der Waals surface area (Å²) in [5.74, 6) is -1.37. The molecule has 0 radical (unpaired) electrons. The maximum atomic E-state index is 12.2. The Morgan fingerprint density at radius 3 is 2.43 bits per heavy atom. The van der Waals surface area contributed by atoms with Crippen LogP contribution in [0.4, 0.5) is 13.2 Å². The number of carboxylic acid groups (broad SMARTS) is 1. The molecule has 3 nitrogen and oxygen atoms in total. The zero-order valence-corrected chi connectivity index (χ0v) is 10.9. The molecule has 0 atom stereocenters. The molecule has 0 heterocycles. The van der Waals surface area contributed by atoms with Gasteiger partial charge in [0, 0.05) is 0 Å². The Kier molecular flexibility index (Phi) is 3.88. The van der Waals surface area contributed by atoms with Crippen LogP contribution in [0, 0.1) is 6.92 Å². The lowest BCUT2D eigenvalue weighted by molar-refractivity contribution is -0.274. The molecule has 0 amide bonds. The summed E-state index contributed by atoms with van der Waals surface area (Å²) in [5, 5.41) is 8.95. The molecule has 21 heavy (non-hydrogen) atoms. The minimum absolute atomic E-state index is 0.113. The van der Waals surface area contributed by atoms with Crippen LogP contribution in [0.15, 0.2) is 42.5 Å². The first-order chi connectivity index (χ1) is 9.76. The maximum absolute atomic E-state index is 12.2. The van der Waals surface area contributed by atoms with Gasteiger partial charge in [-0.1, -0.05) is 18.2 Å². The van der Waals surface area contributed by atoms with Crippen LogP contribution in [0.25, 0.3) is 11.1 Å². The second kappa shape index (κ2) is 5.47. The van der Waals surface area contributed by atoms with Gasteiger partial charge in [0.25, 0.3) is 0 Å². The fraction of sp³-hybridized carbons (Fsp3) is 0.133. The van der Waals surface area contributed by atoms with Gasteiger partial charge >= 0.3 is 12.3 Å². The fourth-order valence-corrected chi connectivity index (χ4v) is 1.98. The molecule has 0 unspecified atom stereocenters. The minimum atomic E-state index is -4.74. The van der Waals surface area contributed by atoms with Crippen LogP contribution in [0.5, 0.6) is 5.75 Å². The third-order valence-electron chi connectivity index (χ3n) is 2.85. The number of aryl methyl sites for hydroxylation is 1. The molecule has 0 spiro atoms. The molecular formula is C15H11F3O3. The molecular weight excluding hydrogens is 285 g/mol. The molecule has 2 aromatic rings. The number of benzene rings is 2. The van der Waals surface area contributed by atoms with Gasteiger partial charge in [-0.2, -0.15) is 0 Å². The average Bonchev–Trinajstić information content (AvgIpc) is 2.37. The summed E-state index contributed by atoms with van der Waals surface area (Å²) in [5.41, 5.74) is 1.93. The van der Waals surface area contributed by atoms with E-state index < -0.39 is 12.3 Å². The van der Waals surface area contributed by atoms with Crippen molar-refractivity contribution in [2.75, 3.05) is 0 Å². The lowest BCUT2D eigenvalue weighted by Crippen LogP contribution is -2.17. The lowest BCUT2D eigenvalue weighted by atomic mass is 9.99. The van der Waals surface area contributed by atoms with Crippen molar-refractivity contribution in [2.24, 2.45) is 0 Å². The van der Waals surface area contributed by atoms with Gasteiger partial charge in [-0.05, 0) is 47.9 Å². The van der Waals surface area contributed by atoms with Crippen molar-refractivity contribution in [3.63, 3.8) is 0 Å². The molecule has 2 aromatic carbocycles. The third-order valence-corrected chi connectivity index (χ3v) is 2.85. The Morgan fingerprint density at radius 1 is 1.14 bits per heavy atom. The molecule has 0 aliphatic rings. The van der Waals surface area contributed by atoms with Crippen LogP contribution >= 0.6 is 0 Å². The molecule has 0 saturated carbocycles. The van der Waals surface area contributed by atoms with E-state index in [9.17, 15) is 18.0 Å². The van der Waals surface area contributed by atoms with Crippen LogP contribution in [-0.2, 0) is 0 Å². The van der Waals surface area contributed by atoms with Crippen LogP contribution in [0.1, 0.15) is 15.9 Å². The van der Waals surface area contributed by atoms with E-state index in [1.54, 1.807) is 19.1 Å². The molecule has 6 heteroatoms. The van der Waals surface area contributed by atoms with Crippen molar-refractivity contribution in [3.05, 3.63) is 53.6 Å². The summed E-state index contributed by atoms with van der Waals surface area (Å²) in [7, 11) is 0. The SMILES string of the molecule is Cc1cc(OC(F)(F)F)ccc1-c1cccc(C(=O)O)c1. The number of hydrogen-bond acceptors (Lipinski definition) is 2. The Bertz CT molecular complexity index is 678. The van der Waals surface area contributed by atoms with Gasteiger partial charge < -0.3 is 9.84 Å². The normalized spacial score (nSPS) is 11.2. The van der Waals surface area contributed by atoms with E-state index in [1.807, 2.05) is 0 Å². The average molecular weight is 296 g/mol. The zero-order valence-electron chi connectivity index (χ0n) is 10.9. The van der Waals surface area contributed by atoms with E-state index >= 15 is 0 Å². The first kappa shape index (κ1) is 14.9. The Balaban J connectivity index is 2.37. The monoisotopic (exact) mass is 296 g/mol. The number of halogens is 3. The van der Waals surface area contributed by atoms with Crippen LogP contribution < -0.4 is 4.74 Å². The number of carbonyl (C=O) groups is 1. The predicted octanol–water partition coefficient (Wildman–Crippen LogP) is 4.26. The van der Waals surface area contributed by atoms with E-state index in [0.717, 1.165) is 0 Å². The molecule has 0 saturated heterocycles. The highest BCUT2D eigenvalue weighted by atomic mass is 19.4. The highest BCUT2D eigenvalue weighted by Crippen LogP contribution is 2.30. The van der Waals surface area contributed by atoms with Crippen molar-refractivity contribution >= 4 is 5.97 Å². The largest absolute Gasteiger partial charge is 0.573 e. The maximum Gasteiger partial charge on any atom is 0.573 e. The summed E-state index contributed by atoms with van der Waals surface area (Å²) in [6, 6.07) is 10.1. The lowest BCUT2D eigenvalue weighted by Gasteiger charge is -2.12. The van der Waals surface area contributed by atoms with Gasteiger partial charge in [-0.15, -0.1) is 13.2 Å². The number of rotatable bonds is 3. The highest BCUT2D eigenvalue weighted by molar-refractivity contribution is 5.89. The van der Waals surface area contributed by atoms with Gasteiger partial charge in [0.2, 0.25) is 0 Å². The van der Waals surface area contributed by atoms with E-state index in [-0.39, 0.29) is 11.3 Å². The van der Waals surface area contributed by atoms with E-state index in [4.69, 9.17) is 5.11 Å². The van der Waals surface area contributed by atoms with Crippen LogP contribution in [0.3, 0.4) is 0 Å². The summed E-state index contributed by atoms with van der Waals surface area (Å²) < 4.78 is 40.3. The molecule has 0 aliphatic carbocycles. The highest BCUT2D eigenvalue weighted by Gasteiger charge is 2.31. The molecule has 110 valence electrons. The number of carboxylic acids is 1. The Labute approximate surface area is 118 Å². The number of ether oxygens (including phenoxy) is 1. The molecule has 0 aromatic heterocycles. The van der Waals surface area contributed by atoms with Gasteiger partial charge in [0.05, 0.1) is 5.56 Å². The van der Waals surface area contributed by atoms with Crippen molar-refractivity contribution in [1.29, 1.82) is 0 Å². The number of hydrogen-bond donors (Lipinski definition) is 1. The van der Waals surface area contributed by atoms with Crippen molar-refractivity contribution in [3.8, 4) is 16.9 Å². The molecule has 2 rings (SSSR count). The van der Waals surface area contributed by atoms with Gasteiger partial charge in [0.1, 0.15) is 5.75 Å². The Morgan fingerprint density at radius 2 is 1.86 bits per heavy atom. The molecule has 1 N–H and O–H groups in total. The molecule has 0 bridgehead atoms. The van der Waals surface area contributed by atoms with Gasteiger partial charge in [-0.3, -0.25) is 0 Å². The van der Waals surface area contributed by atoms with E-state index in [0.29, 0.717) is 16.7 Å². The second-order valence-corrected chi connectivity index (χ2v) is 4.41. The summed E-state index contributed by atoms with van der Waals surface area (Å²) in [6.07, 6.45) is -4.74. The zero-order chi connectivity index (χ0) is 15.6. The van der Waals surface area contributed by atoms with Crippen molar-refractivity contribution in [1.82, 2.24) is 0 Å². The molecule has 0 fully saturated rings. The third kappa shape index (κ3) is 3.75. The number of alkyl halides is 3.